The SMILES string of the molecule is N[C@@H]1CCN(CC(=O)NNc2ccccn2)C1. The third-order valence-corrected chi connectivity index (χ3v) is 2.67. The molecule has 2 heterocycles. The second-order valence-electron chi connectivity index (χ2n) is 4.17. The van der Waals surface area contributed by atoms with Crippen LogP contribution in [0.3, 0.4) is 0 Å². The minimum atomic E-state index is -0.0789. The Labute approximate surface area is 100 Å². The van der Waals surface area contributed by atoms with Crippen LogP contribution < -0.4 is 16.6 Å². The zero-order chi connectivity index (χ0) is 12.1. The van der Waals surface area contributed by atoms with Crippen LogP contribution in [-0.4, -0.2) is 41.5 Å². The number of pyridine rings is 1. The van der Waals surface area contributed by atoms with Gasteiger partial charge in [-0.1, -0.05) is 6.07 Å². The van der Waals surface area contributed by atoms with Crippen LogP contribution in [0.1, 0.15) is 6.42 Å². The van der Waals surface area contributed by atoms with E-state index in [1.54, 1.807) is 12.3 Å². The number of hydrazine groups is 1. The lowest BCUT2D eigenvalue weighted by atomic mass is 10.3. The lowest BCUT2D eigenvalue weighted by molar-refractivity contribution is -0.121. The molecule has 6 nitrogen and oxygen atoms in total. The predicted molar refractivity (Wildman–Crippen MR) is 65.0 cm³/mol. The average molecular weight is 235 g/mol. The fraction of sp³-hybridized carbons (Fsp3) is 0.455. The largest absolute Gasteiger partial charge is 0.326 e. The van der Waals surface area contributed by atoms with E-state index in [1.165, 1.54) is 0 Å². The number of nitrogens with two attached hydrogens (primary N) is 1. The molecule has 0 bridgehead atoms. The summed E-state index contributed by atoms with van der Waals surface area (Å²) >= 11 is 0. The zero-order valence-electron chi connectivity index (χ0n) is 9.60. The maximum atomic E-state index is 11.6. The molecule has 92 valence electrons. The van der Waals surface area contributed by atoms with Crippen LogP contribution in [0.4, 0.5) is 5.82 Å². The van der Waals surface area contributed by atoms with Gasteiger partial charge in [0.05, 0.1) is 6.54 Å². The molecule has 0 unspecified atom stereocenters. The smallest absolute Gasteiger partial charge is 0.252 e. The number of nitrogens with zero attached hydrogens (tertiary/aromatic N) is 2. The average Bonchev–Trinajstić information content (AvgIpc) is 2.73. The van der Waals surface area contributed by atoms with Gasteiger partial charge in [-0.25, -0.2) is 4.98 Å². The number of anilines is 1. The van der Waals surface area contributed by atoms with Crippen LogP contribution in [0.25, 0.3) is 0 Å². The highest BCUT2D eigenvalue weighted by atomic mass is 16.2. The molecular weight excluding hydrogens is 218 g/mol. The topological polar surface area (TPSA) is 83.3 Å². The minimum absolute atomic E-state index is 0.0789. The number of likely N-dealkylation sites (tertiary alicyclic amines) is 1. The van der Waals surface area contributed by atoms with Gasteiger partial charge in [-0.3, -0.25) is 20.5 Å². The van der Waals surface area contributed by atoms with Crippen LogP contribution in [-0.2, 0) is 4.79 Å². The van der Waals surface area contributed by atoms with E-state index in [4.69, 9.17) is 5.73 Å². The Bertz CT molecular complexity index is 369. The molecule has 6 heteroatoms. The molecular formula is C11H17N5O. The van der Waals surface area contributed by atoms with E-state index in [-0.39, 0.29) is 11.9 Å². The third kappa shape index (κ3) is 3.69. The van der Waals surface area contributed by atoms with Crippen LogP contribution in [0.2, 0.25) is 0 Å². The number of nitrogens with one attached hydrogen (secondary N) is 2. The first kappa shape index (κ1) is 11.8. The van der Waals surface area contributed by atoms with Gasteiger partial charge in [0.1, 0.15) is 5.82 Å². The van der Waals surface area contributed by atoms with E-state index in [0.29, 0.717) is 12.4 Å². The summed E-state index contributed by atoms with van der Waals surface area (Å²) in [5.74, 6) is 0.545. The lowest BCUT2D eigenvalue weighted by Gasteiger charge is -2.15. The number of aromatic nitrogens is 1. The van der Waals surface area contributed by atoms with Gasteiger partial charge in [0.2, 0.25) is 0 Å². The number of rotatable bonds is 4. The van der Waals surface area contributed by atoms with E-state index < -0.39 is 0 Å². The Hall–Kier alpha value is -1.66. The summed E-state index contributed by atoms with van der Waals surface area (Å²) in [6, 6.07) is 5.65. The van der Waals surface area contributed by atoms with E-state index in [9.17, 15) is 4.79 Å². The maximum Gasteiger partial charge on any atom is 0.252 e. The highest BCUT2D eigenvalue weighted by Gasteiger charge is 2.20. The molecule has 0 aromatic carbocycles. The second kappa shape index (κ2) is 5.60. The van der Waals surface area contributed by atoms with Crippen LogP contribution in [0, 0.1) is 0 Å². The Morgan fingerprint density at radius 3 is 3.12 bits per heavy atom. The molecule has 1 aliphatic heterocycles. The van der Waals surface area contributed by atoms with E-state index in [1.807, 2.05) is 17.0 Å². The van der Waals surface area contributed by atoms with E-state index >= 15 is 0 Å². The van der Waals surface area contributed by atoms with Gasteiger partial charge >= 0.3 is 0 Å². The molecule has 2 rings (SSSR count). The predicted octanol–water partition coefficient (Wildman–Crippen LogP) is -0.442. The fourth-order valence-electron chi connectivity index (χ4n) is 1.82. The lowest BCUT2D eigenvalue weighted by Crippen LogP contribution is -2.39. The van der Waals surface area contributed by atoms with Crippen molar-refractivity contribution in [2.24, 2.45) is 5.73 Å². The van der Waals surface area contributed by atoms with E-state index in [0.717, 1.165) is 19.5 Å². The highest BCUT2D eigenvalue weighted by molar-refractivity contribution is 5.79. The van der Waals surface area contributed by atoms with Crippen molar-refractivity contribution in [2.75, 3.05) is 25.1 Å². The molecule has 4 N–H and O–H groups in total. The van der Waals surface area contributed by atoms with Crippen LogP contribution >= 0.6 is 0 Å². The first-order valence-corrected chi connectivity index (χ1v) is 5.68. The molecule has 1 aromatic rings. The molecule has 1 saturated heterocycles. The molecule has 1 fully saturated rings. The summed E-state index contributed by atoms with van der Waals surface area (Å²) in [4.78, 5) is 17.7. The van der Waals surface area contributed by atoms with Crippen molar-refractivity contribution in [1.82, 2.24) is 15.3 Å². The Morgan fingerprint density at radius 1 is 1.59 bits per heavy atom. The number of hydrogen-bond donors (Lipinski definition) is 3. The molecule has 1 atom stereocenters. The molecule has 0 saturated carbocycles. The van der Waals surface area contributed by atoms with Crippen molar-refractivity contribution in [3.05, 3.63) is 24.4 Å². The second-order valence-corrected chi connectivity index (χ2v) is 4.17. The van der Waals surface area contributed by atoms with Gasteiger partial charge in [0.25, 0.3) is 5.91 Å². The Kier molecular flexibility index (Phi) is 3.89. The summed E-state index contributed by atoms with van der Waals surface area (Å²) in [7, 11) is 0. The van der Waals surface area contributed by atoms with Gasteiger partial charge in [0.15, 0.2) is 0 Å². The van der Waals surface area contributed by atoms with Crippen LogP contribution in [0.15, 0.2) is 24.4 Å². The molecule has 1 amide bonds. The van der Waals surface area contributed by atoms with E-state index in [2.05, 4.69) is 15.8 Å². The van der Waals surface area contributed by atoms with Crippen molar-refractivity contribution < 1.29 is 4.79 Å². The molecule has 1 aromatic heterocycles. The monoisotopic (exact) mass is 235 g/mol. The maximum absolute atomic E-state index is 11.6. The molecule has 0 aliphatic carbocycles. The number of carbonyl (C=O) groups excluding carboxylic acids is 1. The summed E-state index contributed by atoms with van der Waals surface area (Å²) in [6.45, 7) is 2.04. The minimum Gasteiger partial charge on any atom is -0.326 e. The standard InChI is InChI=1S/C11H17N5O/c12-9-4-6-16(7-9)8-11(17)15-14-10-3-1-2-5-13-10/h1-3,5,9H,4,6-8,12H2,(H,13,14)(H,15,17)/t9-/m1/s1. The summed E-state index contributed by atoms with van der Waals surface area (Å²) < 4.78 is 0. The van der Waals surface area contributed by atoms with Crippen molar-refractivity contribution in [1.29, 1.82) is 0 Å². The number of hydrogen-bond acceptors (Lipinski definition) is 5. The van der Waals surface area contributed by atoms with Crippen LogP contribution in [0.5, 0.6) is 0 Å². The zero-order valence-corrected chi connectivity index (χ0v) is 9.60. The van der Waals surface area contributed by atoms with Crippen molar-refractivity contribution in [3.8, 4) is 0 Å². The molecule has 0 radical (unpaired) electrons. The molecule has 0 spiro atoms. The molecule has 17 heavy (non-hydrogen) atoms. The Morgan fingerprint density at radius 2 is 2.47 bits per heavy atom. The summed E-state index contributed by atoms with van der Waals surface area (Å²) in [6.07, 6.45) is 2.62. The normalized spacial score (nSPS) is 20.2. The first-order valence-electron chi connectivity index (χ1n) is 5.68. The van der Waals surface area contributed by atoms with Gasteiger partial charge in [-0.15, -0.1) is 0 Å². The quantitative estimate of drug-likeness (QED) is 0.616. The van der Waals surface area contributed by atoms with Crippen molar-refractivity contribution in [3.63, 3.8) is 0 Å². The summed E-state index contributed by atoms with van der Waals surface area (Å²) in [5.41, 5.74) is 11.1. The summed E-state index contributed by atoms with van der Waals surface area (Å²) in [5, 5.41) is 0. The fourth-order valence-corrected chi connectivity index (χ4v) is 1.82. The van der Waals surface area contributed by atoms with Gasteiger partial charge in [-0.05, 0) is 18.6 Å². The van der Waals surface area contributed by atoms with Crippen molar-refractivity contribution >= 4 is 11.7 Å². The molecule has 1 aliphatic rings. The first-order chi connectivity index (χ1) is 8.24. The highest BCUT2D eigenvalue weighted by Crippen LogP contribution is 2.05. The number of amides is 1. The van der Waals surface area contributed by atoms with Gasteiger partial charge in [-0.2, -0.15) is 0 Å². The Balaban J connectivity index is 1.71. The number of carbonyl (C=O) groups is 1. The van der Waals surface area contributed by atoms with Crippen molar-refractivity contribution in [2.45, 2.75) is 12.5 Å². The third-order valence-electron chi connectivity index (χ3n) is 2.67. The van der Waals surface area contributed by atoms with Gasteiger partial charge in [0, 0.05) is 25.3 Å². The van der Waals surface area contributed by atoms with Gasteiger partial charge < -0.3 is 5.73 Å².